The van der Waals surface area contributed by atoms with Crippen molar-refractivity contribution in [3.63, 3.8) is 0 Å². The summed E-state index contributed by atoms with van der Waals surface area (Å²) in [6.45, 7) is 8.38. The number of amides is 2. The van der Waals surface area contributed by atoms with Crippen molar-refractivity contribution >= 4 is 56.3 Å². The highest BCUT2D eigenvalue weighted by Crippen LogP contribution is 2.44. The molecular formula is C41H33N3O6. The molecule has 0 bridgehead atoms. The highest BCUT2D eigenvalue weighted by molar-refractivity contribution is 6.41. The number of nitrogens with zero attached hydrogens (tertiary/aromatic N) is 2. The topological polar surface area (TPSA) is 126 Å². The van der Waals surface area contributed by atoms with Crippen molar-refractivity contribution in [1.29, 1.82) is 0 Å². The zero-order valence-electron chi connectivity index (χ0n) is 27.9. The monoisotopic (exact) mass is 663 g/mol. The van der Waals surface area contributed by atoms with Gasteiger partial charge in [-0.2, -0.15) is 0 Å². The van der Waals surface area contributed by atoms with E-state index >= 15 is 0 Å². The summed E-state index contributed by atoms with van der Waals surface area (Å²) in [5.74, 6) is -2.70. The van der Waals surface area contributed by atoms with Crippen molar-refractivity contribution in [1.82, 2.24) is 9.97 Å². The molecule has 1 aromatic heterocycles. The fourth-order valence-electron chi connectivity index (χ4n) is 7.62. The van der Waals surface area contributed by atoms with Crippen LogP contribution in [-0.2, 0) is 0 Å². The third-order valence-electron chi connectivity index (χ3n) is 9.90. The molecule has 50 heavy (non-hydrogen) atoms. The largest absolute Gasteiger partial charge is 0.490 e. The second-order valence-electron chi connectivity index (χ2n) is 13.7. The Bertz CT molecular complexity index is 2390. The first-order valence-electron chi connectivity index (χ1n) is 16.8. The van der Waals surface area contributed by atoms with Gasteiger partial charge in [-0.25, -0.2) is 9.88 Å². The SMILES string of the molecule is CC(C)C(Oc1ccc(C2=CC=CC2)c(N2C(=O)c3ccc4c5c(ccc(c35)C2=O)C(=O)C(c2nc3ccccc3c(=O)[nH]2)C4=O)c1)C(C)C. The van der Waals surface area contributed by atoms with Crippen molar-refractivity contribution in [3.8, 4) is 5.75 Å². The van der Waals surface area contributed by atoms with Crippen LogP contribution in [0.2, 0.25) is 0 Å². The van der Waals surface area contributed by atoms with Gasteiger partial charge in [-0.1, -0.05) is 58.1 Å². The number of fused-ring (bicyclic) bond motifs is 1. The number of aromatic nitrogens is 2. The van der Waals surface area contributed by atoms with Gasteiger partial charge in [0.2, 0.25) is 0 Å². The number of benzene rings is 4. The number of rotatable bonds is 7. The number of anilines is 1. The van der Waals surface area contributed by atoms with E-state index < -0.39 is 34.9 Å². The Morgan fingerprint density at radius 2 is 1.36 bits per heavy atom. The number of hydrogen-bond acceptors (Lipinski definition) is 7. The van der Waals surface area contributed by atoms with Gasteiger partial charge < -0.3 is 9.72 Å². The van der Waals surface area contributed by atoms with E-state index in [0.29, 0.717) is 28.8 Å². The Hall–Kier alpha value is -5.96. The van der Waals surface area contributed by atoms with Gasteiger partial charge in [0, 0.05) is 44.7 Å². The minimum absolute atomic E-state index is 0.0522. The summed E-state index contributed by atoms with van der Waals surface area (Å²) in [4.78, 5) is 78.3. The summed E-state index contributed by atoms with van der Waals surface area (Å²) in [5, 5.41) is 0.863. The minimum Gasteiger partial charge on any atom is -0.490 e. The van der Waals surface area contributed by atoms with Crippen molar-refractivity contribution in [2.24, 2.45) is 11.8 Å². The van der Waals surface area contributed by atoms with Crippen molar-refractivity contribution in [2.45, 2.75) is 46.1 Å². The second-order valence-corrected chi connectivity index (χ2v) is 13.7. The molecule has 2 amide bonds. The molecule has 9 nitrogen and oxygen atoms in total. The highest BCUT2D eigenvalue weighted by atomic mass is 16.5. The van der Waals surface area contributed by atoms with Gasteiger partial charge in [0.25, 0.3) is 17.4 Å². The summed E-state index contributed by atoms with van der Waals surface area (Å²) in [6, 6.07) is 18.3. The van der Waals surface area contributed by atoms with Gasteiger partial charge in [0.05, 0.1) is 16.6 Å². The lowest BCUT2D eigenvalue weighted by Gasteiger charge is -2.32. The smallest absolute Gasteiger partial charge is 0.266 e. The number of carbonyl (C=O) groups excluding carboxylic acids is 4. The number of allylic oxidation sites excluding steroid dienone is 4. The number of carbonyl (C=O) groups is 4. The number of imide groups is 1. The molecular weight excluding hydrogens is 630 g/mol. The highest BCUT2D eigenvalue weighted by Gasteiger charge is 2.43. The number of H-pyrrole nitrogens is 1. The van der Waals surface area contributed by atoms with E-state index in [2.05, 4.69) is 37.7 Å². The molecule has 4 aromatic carbocycles. The molecule has 0 atom stereocenters. The van der Waals surface area contributed by atoms with Crippen LogP contribution >= 0.6 is 0 Å². The third kappa shape index (κ3) is 4.68. The standard InChI is InChI=1S/C41H33N3O6/c1-20(2)37(21(3)4)50-23-13-14-24(22-9-5-6-10-22)31(19-23)44-40(48)28-17-15-26-32-27(16-18-29(33(28)32)41(44)49)36(46)34(35(26)45)38-42-30-12-8-7-11-25(30)39(47)43-38/h5-9,11-21,34,37H,10H2,1-4H3,(H,42,43,47). The molecule has 5 aromatic rings. The van der Waals surface area contributed by atoms with Gasteiger partial charge in [0.1, 0.15) is 23.6 Å². The molecule has 0 radical (unpaired) electrons. The molecule has 9 heteroatoms. The molecule has 1 aliphatic heterocycles. The van der Waals surface area contributed by atoms with Crippen LogP contribution in [0, 0.1) is 11.8 Å². The second kappa shape index (κ2) is 11.6. The van der Waals surface area contributed by atoms with Crippen LogP contribution in [0.3, 0.4) is 0 Å². The Morgan fingerprint density at radius 3 is 1.98 bits per heavy atom. The van der Waals surface area contributed by atoms with Crippen molar-refractivity contribution in [3.05, 3.63) is 129 Å². The fraction of sp³-hybridized carbons (Fsp3) is 0.220. The normalized spacial score (nSPS) is 15.8. The van der Waals surface area contributed by atoms with E-state index in [0.717, 1.165) is 11.1 Å². The lowest BCUT2D eigenvalue weighted by atomic mass is 9.76. The predicted molar refractivity (Wildman–Crippen MR) is 191 cm³/mol. The Kier molecular flexibility index (Phi) is 7.25. The molecule has 0 fully saturated rings. The average molecular weight is 664 g/mol. The molecule has 248 valence electrons. The van der Waals surface area contributed by atoms with E-state index in [4.69, 9.17) is 4.74 Å². The Morgan fingerprint density at radius 1 is 0.760 bits per heavy atom. The number of Topliss-reactive ketones (excluding diaryl/α,β-unsaturated/α-hetero) is 2. The number of nitrogens with one attached hydrogen (secondary N) is 1. The molecule has 2 aliphatic carbocycles. The van der Waals surface area contributed by atoms with E-state index in [9.17, 15) is 24.0 Å². The van der Waals surface area contributed by atoms with Crippen LogP contribution in [0.4, 0.5) is 5.69 Å². The molecule has 0 saturated carbocycles. The maximum Gasteiger partial charge on any atom is 0.266 e. The molecule has 2 heterocycles. The molecule has 0 spiro atoms. The molecule has 1 N–H and O–H groups in total. The first-order chi connectivity index (χ1) is 24.0. The first-order valence-corrected chi connectivity index (χ1v) is 16.8. The minimum atomic E-state index is -1.38. The zero-order valence-corrected chi connectivity index (χ0v) is 27.9. The number of para-hydroxylation sites is 1. The quantitative estimate of drug-likeness (QED) is 0.142. The van der Waals surface area contributed by atoms with Crippen molar-refractivity contribution in [2.75, 3.05) is 4.90 Å². The maximum atomic E-state index is 14.5. The van der Waals surface area contributed by atoms with Crippen LogP contribution in [0.25, 0.3) is 27.2 Å². The van der Waals surface area contributed by atoms with E-state index in [-0.39, 0.29) is 56.8 Å². The zero-order chi connectivity index (χ0) is 35.0. The summed E-state index contributed by atoms with van der Waals surface area (Å²) < 4.78 is 6.45. The molecule has 0 saturated heterocycles. The number of ketones is 2. The predicted octanol–water partition coefficient (Wildman–Crippen LogP) is 7.44. The fourth-order valence-corrected chi connectivity index (χ4v) is 7.62. The molecule has 3 aliphatic rings. The first kappa shape index (κ1) is 31.3. The van der Waals surface area contributed by atoms with Gasteiger partial charge in [0.15, 0.2) is 11.6 Å². The van der Waals surface area contributed by atoms with Gasteiger partial charge in [-0.05, 0) is 72.4 Å². The average Bonchev–Trinajstić information content (AvgIpc) is 3.64. The molecule has 8 rings (SSSR count). The van der Waals surface area contributed by atoms with Gasteiger partial charge in [-0.3, -0.25) is 24.0 Å². The van der Waals surface area contributed by atoms with Crippen LogP contribution in [-0.4, -0.2) is 39.5 Å². The van der Waals surface area contributed by atoms with Gasteiger partial charge >= 0.3 is 0 Å². The van der Waals surface area contributed by atoms with Crippen molar-refractivity contribution < 1.29 is 23.9 Å². The van der Waals surface area contributed by atoms with E-state index in [1.165, 1.54) is 29.2 Å². The van der Waals surface area contributed by atoms with Crippen LogP contribution in [0.15, 0.2) is 89.8 Å². The Labute approximate surface area is 287 Å². The number of ether oxygens (including phenoxy) is 1. The maximum absolute atomic E-state index is 14.5. The van der Waals surface area contributed by atoms with Crippen LogP contribution in [0.1, 0.15) is 92.9 Å². The van der Waals surface area contributed by atoms with E-state index in [1.54, 1.807) is 30.3 Å². The van der Waals surface area contributed by atoms with Crippen LogP contribution < -0.4 is 15.2 Å². The molecule has 0 unspecified atom stereocenters. The summed E-state index contributed by atoms with van der Waals surface area (Å²) in [6.07, 6.45) is 6.48. The summed E-state index contributed by atoms with van der Waals surface area (Å²) >= 11 is 0. The number of aromatic amines is 1. The Balaban J connectivity index is 1.25. The summed E-state index contributed by atoms with van der Waals surface area (Å²) in [5.41, 5.74) is 2.76. The number of hydrogen-bond donors (Lipinski definition) is 1. The van der Waals surface area contributed by atoms with E-state index in [1.807, 2.05) is 30.4 Å². The lowest BCUT2D eigenvalue weighted by Crippen LogP contribution is -2.41. The van der Waals surface area contributed by atoms with Gasteiger partial charge in [-0.15, -0.1) is 0 Å². The van der Waals surface area contributed by atoms with Crippen LogP contribution in [0.5, 0.6) is 5.75 Å². The third-order valence-corrected chi connectivity index (χ3v) is 9.90. The summed E-state index contributed by atoms with van der Waals surface area (Å²) in [7, 11) is 0. The lowest BCUT2D eigenvalue weighted by molar-refractivity contribution is 0.0842.